The van der Waals surface area contributed by atoms with Crippen molar-refractivity contribution in [2.24, 2.45) is 0 Å². The van der Waals surface area contributed by atoms with Gasteiger partial charge in [0.25, 0.3) is 0 Å². The second-order valence-electron chi connectivity index (χ2n) is 5.19. The summed E-state index contributed by atoms with van der Waals surface area (Å²) in [6.45, 7) is -0.0215. The molecule has 3 rings (SSSR count). The van der Waals surface area contributed by atoms with Crippen LogP contribution in [0.2, 0.25) is 0 Å². The number of benzene rings is 3. The van der Waals surface area contributed by atoms with Gasteiger partial charge in [0.05, 0.1) is 16.4 Å². The van der Waals surface area contributed by atoms with Gasteiger partial charge in [-0.05, 0) is 54.1 Å². The Hall–Kier alpha value is -2.63. The zero-order valence-electron chi connectivity index (χ0n) is 12.8. The maximum Gasteiger partial charge on any atom is 0.206 e. The highest BCUT2D eigenvalue weighted by Gasteiger charge is 2.16. The van der Waals surface area contributed by atoms with Crippen LogP contribution in [0.3, 0.4) is 0 Å². The molecule has 0 radical (unpaired) electrons. The summed E-state index contributed by atoms with van der Waals surface area (Å²) >= 11 is 0. The van der Waals surface area contributed by atoms with Crippen molar-refractivity contribution in [3.63, 3.8) is 0 Å². The van der Waals surface area contributed by atoms with E-state index in [-0.39, 0.29) is 16.4 Å². The van der Waals surface area contributed by atoms with E-state index in [1.807, 2.05) is 0 Å². The fourth-order valence-corrected chi connectivity index (χ4v) is 3.50. The van der Waals surface area contributed by atoms with Crippen LogP contribution in [0, 0.1) is 0 Å². The Morgan fingerprint density at radius 3 is 1.75 bits per heavy atom. The molecule has 24 heavy (non-hydrogen) atoms. The van der Waals surface area contributed by atoms with Gasteiger partial charge in [-0.3, -0.25) is 0 Å². The van der Waals surface area contributed by atoms with Crippen molar-refractivity contribution >= 4 is 9.84 Å². The van der Waals surface area contributed by atoms with Crippen molar-refractivity contribution in [2.45, 2.75) is 16.4 Å². The Labute approximate surface area is 140 Å². The number of rotatable bonds is 5. The lowest BCUT2D eigenvalue weighted by molar-refractivity contribution is 0.281. The fraction of sp³-hybridized carbons (Fsp3) is 0.0526. The maximum absolute atomic E-state index is 12.5. The van der Waals surface area contributed by atoms with Gasteiger partial charge in [0.2, 0.25) is 9.84 Å². The molecule has 0 bridgehead atoms. The average Bonchev–Trinajstić information content (AvgIpc) is 2.63. The van der Waals surface area contributed by atoms with Crippen LogP contribution >= 0.6 is 0 Å². The summed E-state index contributed by atoms with van der Waals surface area (Å²) < 4.78 is 30.7. The number of aliphatic hydroxyl groups excluding tert-OH is 1. The normalized spacial score (nSPS) is 11.2. The van der Waals surface area contributed by atoms with E-state index in [1.165, 1.54) is 12.1 Å². The molecular formula is C19H16O4S. The van der Waals surface area contributed by atoms with Crippen molar-refractivity contribution in [3.05, 3.63) is 84.4 Å². The van der Waals surface area contributed by atoms with E-state index < -0.39 is 9.84 Å². The second-order valence-corrected chi connectivity index (χ2v) is 7.14. The largest absolute Gasteiger partial charge is 0.457 e. The van der Waals surface area contributed by atoms with Gasteiger partial charge in [0.15, 0.2) is 0 Å². The molecule has 4 nitrogen and oxygen atoms in total. The monoisotopic (exact) mass is 340 g/mol. The minimum absolute atomic E-state index is 0.0215. The SMILES string of the molecule is O=S(=O)(c1ccccc1)c1ccc(Oc2ccc(CO)cc2)cc1. The molecule has 0 fully saturated rings. The highest BCUT2D eigenvalue weighted by Crippen LogP contribution is 2.26. The van der Waals surface area contributed by atoms with E-state index in [0.29, 0.717) is 11.5 Å². The molecule has 5 heteroatoms. The minimum atomic E-state index is -3.52. The first kappa shape index (κ1) is 16.2. The van der Waals surface area contributed by atoms with Crippen molar-refractivity contribution in [1.29, 1.82) is 0 Å². The lowest BCUT2D eigenvalue weighted by Gasteiger charge is -2.08. The van der Waals surface area contributed by atoms with Crippen LogP contribution < -0.4 is 4.74 Å². The van der Waals surface area contributed by atoms with Gasteiger partial charge in [-0.15, -0.1) is 0 Å². The number of aliphatic hydroxyl groups is 1. The van der Waals surface area contributed by atoms with Gasteiger partial charge in [-0.1, -0.05) is 30.3 Å². The van der Waals surface area contributed by atoms with E-state index in [4.69, 9.17) is 9.84 Å². The number of sulfone groups is 1. The summed E-state index contributed by atoms with van der Waals surface area (Å²) in [5.74, 6) is 1.16. The molecule has 0 aromatic heterocycles. The molecule has 3 aromatic carbocycles. The number of hydrogen-bond donors (Lipinski definition) is 1. The Kier molecular flexibility index (Phi) is 4.64. The van der Waals surface area contributed by atoms with E-state index in [0.717, 1.165) is 5.56 Å². The number of ether oxygens (including phenoxy) is 1. The summed E-state index contributed by atoms with van der Waals surface area (Å²) in [6, 6.07) is 21.6. The lowest BCUT2D eigenvalue weighted by Crippen LogP contribution is -2.01. The van der Waals surface area contributed by atoms with Gasteiger partial charge in [-0.25, -0.2) is 8.42 Å². The maximum atomic E-state index is 12.5. The van der Waals surface area contributed by atoms with Gasteiger partial charge in [0, 0.05) is 0 Å². The summed E-state index contributed by atoms with van der Waals surface area (Å²) in [5.41, 5.74) is 0.798. The molecule has 0 heterocycles. The number of hydrogen-bond acceptors (Lipinski definition) is 4. The summed E-state index contributed by atoms with van der Waals surface area (Å²) in [4.78, 5) is 0.481. The molecule has 0 aliphatic rings. The smallest absolute Gasteiger partial charge is 0.206 e. The third-order valence-electron chi connectivity index (χ3n) is 3.53. The van der Waals surface area contributed by atoms with Crippen LogP contribution in [-0.4, -0.2) is 13.5 Å². The van der Waals surface area contributed by atoms with Gasteiger partial charge >= 0.3 is 0 Å². The quantitative estimate of drug-likeness (QED) is 0.767. The molecule has 3 aromatic rings. The first-order valence-corrected chi connectivity index (χ1v) is 8.86. The summed E-state index contributed by atoms with van der Waals surface area (Å²) in [6.07, 6.45) is 0. The molecule has 0 saturated carbocycles. The molecule has 0 atom stereocenters. The first-order chi connectivity index (χ1) is 11.6. The standard InChI is InChI=1S/C19H16O4S/c20-14-15-6-8-16(9-7-15)23-17-10-12-19(13-11-17)24(21,22)18-4-2-1-3-5-18/h1-13,20H,14H2. The molecule has 0 unspecified atom stereocenters. The van der Waals surface area contributed by atoms with E-state index >= 15 is 0 Å². The van der Waals surface area contributed by atoms with Crippen molar-refractivity contribution in [3.8, 4) is 11.5 Å². The lowest BCUT2D eigenvalue weighted by atomic mass is 10.2. The van der Waals surface area contributed by atoms with E-state index in [1.54, 1.807) is 66.7 Å². The van der Waals surface area contributed by atoms with Crippen LogP contribution in [0.4, 0.5) is 0 Å². The van der Waals surface area contributed by atoms with E-state index in [9.17, 15) is 8.42 Å². The Morgan fingerprint density at radius 2 is 1.21 bits per heavy atom. The third kappa shape index (κ3) is 3.48. The zero-order chi connectivity index (χ0) is 17.0. The molecular weight excluding hydrogens is 324 g/mol. The topological polar surface area (TPSA) is 63.6 Å². The molecule has 0 saturated heterocycles. The predicted molar refractivity (Wildman–Crippen MR) is 90.8 cm³/mol. The van der Waals surface area contributed by atoms with Gasteiger partial charge in [-0.2, -0.15) is 0 Å². The first-order valence-electron chi connectivity index (χ1n) is 7.37. The second kappa shape index (κ2) is 6.86. The molecule has 0 aliphatic carbocycles. The third-order valence-corrected chi connectivity index (χ3v) is 5.31. The van der Waals surface area contributed by atoms with Crippen LogP contribution in [-0.2, 0) is 16.4 Å². The highest BCUT2D eigenvalue weighted by molar-refractivity contribution is 7.91. The molecule has 0 aliphatic heterocycles. The Morgan fingerprint density at radius 1 is 0.708 bits per heavy atom. The van der Waals surface area contributed by atoms with E-state index in [2.05, 4.69) is 0 Å². The highest BCUT2D eigenvalue weighted by atomic mass is 32.2. The average molecular weight is 340 g/mol. The summed E-state index contributed by atoms with van der Waals surface area (Å²) in [5, 5.41) is 9.02. The van der Waals surface area contributed by atoms with Gasteiger partial charge in [0.1, 0.15) is 11.5 Å². The molecule has 1 N–H and O–H groups in total. The Balaban J connectivity index is 1.80. The predicted octanol–water partition coefficient (Wildman–Crippen LogP) is 3.80. The van der Waals surface area contributed by atoms with Gasteiger partial charge < -0.3 is 9.84 Å². The minimum Gasteiger partial charge on any atom is -0.457 e. The zero-order valence-corrected chi connectivity index (χ0v) is 13.6. The molecule has 0 amide bonds. The van der Waals surface area contributed by atoms with Crippen LogP contribution in [0.1, 0.15) is 5.56 Å². The van der Waals surface area contributed by atoms with Crippen molar-refractivity contribution in [1.82, 2.24) is 0 Å². The van der Waals surface area contributed by atoms with Crippen LogP contribution in [0.5, 0.6) is 11.5 Å². The van der Waals surface area contributed by atoms with Crippen LogP contribution in [0.25, 0.3) is 0 Å². The summed E-state index contributed by atoms with van der Waals surface area (Å²) in [7, 11) is -3.52. The Bertz CT molecular complexity index is 900. The molecule has 0 spiro atoms. The molecule has 122 valence electrons. The fourth-order valence-electron chi connectivity index (χ4n) is 2.22. The van der Waals surface area contributed by atoms with Crippen molar-refractivity contribution in [2.75, 3.05) is 0 Å². The van der Waals surface area contributed by atoms with Crippen LogP contribution in [0.15, 0.2) is 88.7 Å². The van der Waals surface area contributed by atoms with Crippen molar-refractivity contribution < 1.29 is 18.3 Å².